The van der Waals surface area contributed by atoms with Crippen LogP contribution in [-0.4, -0.2) is 50.0 Å². The first-order valence-corrected chi connectivity index (χ1v) is 12.9. The molecule has 1 saturated heterocycles. The number of rotatable bonds is 7. The largest absolute Gasteiger partial charge is 0.447 e. The predicted octanol–water partition coefficient (Wildman–Crippen LogP) is 4.55. The van der Waals surface area contributed by atoms with Crippen molar-refractivity contribution in [2.45, 2.75) is 57.3 Å². The standard InChI is InChI=1S/C21H30N2O5Si/c1-21(2,3)29(4,5)28-13-11-16-17(15-9-7-6-8-10-15)19(23(25)26)18(16)22-12-14-27-20(22)24/h6-10,17,19H,11-14H2,1-5H3/t17-,19+/m1/s1. The summed E-state index contributed by atoms with van der Waals surface area (Å²) in [5, 5.41) is 12.0. The predicted molar refractivity (Wildman–Crippen MR) is 113 cm³/mol. The summed E-state index contributed by atoms with van der Waals surface area (Å²) in [5.41, 5.74) is 2.30. The maximum atomic E-state index is 12.2. The minimum atomic E-state index is -1.93. The summed E-state index contributed by atoms with van der Waals surface area (Å²) >= 11 is 0. The van der Waals surface area contributed by atoms with Crippen molar-refractivity contribution in [3.05, 3.63) is 57.3 Å². The second-order valence-electron chi connectivity index (χ2n) is 9.15. The van der Waals surface area contributed by atoms with Gasteiger partial charge in [-0.3, -0.25) is 15.0 Å². The summed E-state index contributed by atoms with van der Waals surface area (Å²) in [7, 11) is -1.93. The number of carbonyl (C=O) groups is 1. The van der Waals surface area contributed by atoms with Crippen LogP contribution in [0.3, 0.4) is 0 Å². The zero-order valence-electron chi connectivity index (χ0n) is 17.8. The molecule has 0 radical (unpaired) electrons. The van der Waals surface area contributed by atoms with Crippen molar-refractivity contribution in [3.63, 3.8) is 0 Å². The number of amides is 1. The summed E-state index contributed by atoms with van der Waals surface area (Å²) < 4.78 is 11.4. The van der Waals surface area contributed by atoms with Crippen molar-refractivity contribution in [1.82, 2.24) is 4.90 Å². The molecule has 8 heteroatoms. The fourth-order valence-corrected chi connectivity index (χ4v) is 4.77. The molecule has 0 spiro atoms. The molecule has 1 aliphatic heterocycles. The Hall–Kier alpha value is -2.19. The van der Waals surface area contributed by atoms with Crippen LogP contribution in [0.15, 0.2) is 41.6 Å². The lowest BCUT2D eigenvalue weighted by atomic mass is 9.71. The van der Waals surface area contributed by atoms with Crippen LogP contribution in [0.25, 0.3) is 0 Å². The van der Waals surface area contributed by atoms with Crippen molar-refractivity contribution in [2.24, 2.45) is 0 Å². The van der Waals surface area contributed by atoms with Gasteiger partial charge in [0.2, 0.25) is 0 Å². The molecule has 1 fully saturated rings. The lowest BCUT2D eigenvalue weighted by molar-refractivity contribution is -0.522. The molecule has 0 bridgehead atoms. The van der Waals surface area contributed by atoms with Gasteiger partial charge in [-0.25, -0.2) is 4.79 Å². The molecule has 1 heterocycles. The SMILES string of the molecule is CC(C)(C)[Si](C)(C)OCCC1=C(N2CCOC2=O)[C@@H]([N+](=O)[O-])[C@@H]1c1ccccc1. The fraction of sp³-hybridized carbons (Fsp3) is 0.571. The van der Waals surface area contributed by atoms with E-state index in [1.165, 1.54) is 4.90 Å². The molecule has 1 aromatic carbocycles. The van der Waals surface area contributed by atoms with Gasteiger partial charge in [0.25, 0.3) is 6.04 Å². The summed E-state index contributed by atoms with van der Waals surface area (Å²) in [4.78, 5) is 25.2. The third-order valence-corrected chi connectivity index (χ3v) is 10.9. The van der Waals surface area contributed by atoms with Crippen LogP contribution in [0.1, 0.15) is 38.7 Å². The molecule has 3 rings (SSSR count). The molecular formula is C21H30N2O5Si. The molecule has 0 saturated carbocycles. The quantitative estimate of drug-likeness (QED) is 0.369. The van der Waals surface area contributed by atoms with Gasteiger partial charge in [-0.2, -0.15) is 0 Å². The van der Waals surface area contributed by atoms with Crippen molar-refractivity contribution >= 4 is 14.4 Å². The number of benzene rings is 1. The average molecular weight is 419 g/mol. The zero-order valence-corrected chi connectivity index (χ0v) is 18.8. The zero-order chi connectivity index (χ0) is 21.4. The highest BCUT2D eigenvalue weighted by Crippen LogP contribution is 2.48. The van der Waals surface area contributed by atoms with Gasteiger partial charge in [-0.1, -0.05) is 51.1 Å². The third kappa shape index (κ3) is 4.09. The first-order chi connectivity index (χ1) is 13.5. The Morgan fingerprint density at radius 3 is 2.45 bits per heavy atom. The Balaban J connectivity index is 1.91. The van der Waals surface area contributed by atoms with E-state index >= 15 is 0 Å². The average Bonchev–Trinajstić information content (AvgIpc) is 3.02. The molecule has 1 aliphatic carbocycles. The number of cyclic esters (lactones) is 1. The number of nitro groups is 1. The van der Waals surface area contributed by atoms with Gasteiger partial charge in [0.15, 0.2) is 8.32 Å². The lowest BCUT2D eigenvalue weighted by Gasteiger charge is -2.40. The van der Waals surface area contributed by atoms with Crippen LogP contribution in [-0.2, 0) is 9.16 Å². The Bertz CT molecular complexity index is 816. The molecule has 7 nitrogen and oxygen atoms in total. The van der Waals surface area contributed by atoms with Gasteiger partial charge in [-0.15, -0.1) is 0 Å². The molecule has 2 aliphatic rings. The van der Waals surface area contributed by atoms with Crippen molar-refractivity contribution in [2.75, 3.05) is 19.8 Å². The second-order valence-corrected chi connectivity index (χ2v) is 14.0. The van der Waals surface area contributed by atoms with Gasteiger partial charge in [0, 0.05) is 11.5 Å². The van der Waals surface area contributed by atoms with E-state index in [9.17, 15) is 14.9 Å². The molecule has 158 valence electrons. The molecule has 2 atom stereocenters. The van der Waals surface area contributed by atoms with Gasteiger partial charge >= 0.3 is 6.09 Å². The molecular weight excluding hydrogens is 388 g/mol. The minimum Gasteiger partial charge on any atom is -0.447 e. The van der Waals surface area contributed by atoms with Gasteiger partial charge < -0.3 is 9.16 Å². The first-order valence-electron chi connectivity index (χ1n) is 10.0. The summed E-state index contributed by atoms with van der Waals surface area (Å²) in [6, 6.07) is 8.55. The summed E-state index contributed by atoms with van der Waals surface area (Å²) in [6.45, 7) is 12.0. The number of hydrogen-bond acceptors (Lipinski definition) is 5. The Morgan fingerprint density at radius 2 is 1.93 bits per heavy atom. The van der Waals surface area contributed by atoms with E-state index < -0.39 is 20.5 Å². The van der Waals surface area contributed by atoms with E-state index in [1.807, 2.05) is 30.3 Å². The molecule has 29 heavy (non-hydrogen) atoms. The number of carbonyl (C=O) groups excluding carboxylic acids is 1. The maximum Gasteiger partial charge on any atom is 0.414 e. The van der Waals surface area contributed by atoms with E-state index in [-0.39, 0.29) is 22.5 Å². The van der Waals surface area contributed by atoms with Crippen LogP contribution < -0.4 is 0 Å². The Labute approximate surface area is 173 Å². The molecule has 1 aromatic rings. The van der Waals surface area contributed by atoms with Gasteiger partial charge in [0.05, 0.1) is 18.2 Å². The minimum absolute atomic E-state index is 0.0881. The topological polar surface area (TPSA) is 81.9 Å². The highest BCUT2D eigenvalue weighted by atomic mass is 28.4. The monoisotopic (exact) mass is 418 g/mol. The molecule has 0 N–H and O–H groups in total. The number of hydrogen-bond donors (Lipinski definition) is 0. The van der Waals surface area contributed by atoms with Crippen molar-refractivity contribution < 1.29 is 18.9 Å². The van der Waals surface area contributed by atoms with Gasteiger partial charge in [0.1, 0.15) is 6.61 Å². The highest BCUT2D eigenvalue weighted by molar-refractivity contribution is 6.74. The van der Waals surface area contributed by atoms with Gasteiger partial charge in [-0.05, 0) is 35.7 Å². The molecule has 0 aromatic heterocycles. The third-order valence-electron chi connectivity index (χ3n) is 6.38. The summed E-state index contributed by atoms with van der Waals surface area (Å²) in [6.07, 6.45) is 0.0661. The van der Waals surface area contributed by atoms with E-state index in [2.05, 4.69) is 33.9 Å². The fourth-order valence-electron chi connectivity index (χ4n) is 3.73. The molecule has 1 amide bonds. The van der Waals surface area contributed by atoms with E-state index in [0.717, 1.165) is 11.1 Å². The smallest absolute Gasteiger partial charge is 0.414 e. The lowest BCUT2D eigenvalue weighted by Crippen LogP contribution is -2.48. The van der Waals surface area contributed by atoms with Crippen LogP contribution in [0.4, 0.5) is 4.79 Å². The van der Waals surface area contributed by atoms with Crippen molar-refractivity contribution in [3.8, 4) is 0 Å². The van der Waals surface area contributed by atoms with E-state index in [4.69, 9.17) is 9.16 Å². The van der Waals surface area contributed by atoms with E-state index in [0.29, 0.717) is 25.3 Å². The second kappa shape index (κ2) is 7.91. The van der Waals surface area contributed by atoms with Crippen LogP contribution in [0.2, 0.25) is 18.1 Å². The number of ether oxygens (including phenoxy) is 1. The highest BCUT2D eigenvalue weighted by Gasteiger charge is 2.54. The van der Waals surface area contributed by atoms with Crippen LogP contribution in [0.5, 0.6) is 0 Å². The first kappa shape index (κ1) is 21.5. The summed E-state index contributed by atoms with van der Waals surface area (Å²) in [5.74, 6) is -0.349. The van der Waals surface area contributed by atoms with E-state index in [1.54, 1.807) is 0 Å². The normalized spacial score (nSPS) is 22.5. The van der Waals surface area contributed by atoms with Crippen LogP contribution >= 0.6 is 0 Å². The maximum absolute atomic E-state index is 12.2. The van der Waals surface area contributed by atoms with Crippen molar-refractivity contribution in [1.29, 1.82) is 0 Å². The Kier molecular flexibility index (Phi) is 5.87. The van der Waals surface area contributed by atoms with Crippen LogP contribution in [0, 0.1) is 10.1 Å². The molecule has 0 unspecified atom stereocenters. The number of nitrogens with zero attached hydrogens (tertiary/aromatic N) is 2. The Morgan fingerprint density at radius 1 is 1.28 bits per heavy atom.